The summed E-state index contributed by atoms with van der Waals surface area (Å²) in [4.78, 5) is 10.1. The quantitative estimate of drug-likeness (QED) is 0.541. The number of hydrogen-bond donors (Lipinski definition) is 0. The van der Waals surface area contributed by atoms with Crippen molar-refractivity contribution in [3.8, 4) is 23.1 Å². The van der Waals surface area contributed by atoms with Gasteiger partial charge in [0.05, 0.1) is 21.8 Å². The number of rotatable bonds is 3. The molecule has 0 saturated carbocycles. The molecule has 20 heavy (non-hydrogen) atoms. The zero-order valence-electron chi connectivity index (χ0n) is 9.82. The van der Waals surface area contributed by atoms with Gasteiger partial charge in [-0.1, -0.05) is 11.6 Å². The lowest BCUT2D eigenvalue weighted by atomic mass is 10.2. The zero-order chi connectivity index (χ0) is 14.1. The number of aromatic nitrogens is 2. The van der Waals surface area contributed by atoms with Crippen LogP contribution >= 0.6 is 11.6 Å². The molecule has 3 rings (SSSR count). The third-order valence-electron chi connectivity index (χ3n) is 2.55. The normalized spacial score (nSPS) is 10.7. The number of halogens is 1. The van der Waals surface area contributed by atoms with E-state index in [-0.39, 0.29) is 22.5 Å². The highest BCUT2D eigenvalue weighted by Gasteiger charge is 2.17. The van der Waals surface area contributed by atoms with Crippen LogP contribution in [0.4, 0.5) is 5.69 Å². The highest BCUT2D eigenvalue weighted by Crippen LogP contribution is 2.31. The predicted octanol–water partition coefficient (Wildman–Crippen LogP) is 3.56. The van der Waals surface area contributed by atoms with E-state index in [4.69, 9.17) is 20.4 Å². The van der Waals surface area contributed by atoms with Crippen LogP contribution in [0, 0.1) is 10.1 Å². The minimum Gasteiger partial charge on any atom is -0.459 e. The first kappa shape index (κ1) is 12.4. The standard InChI is InChI=1S/C12H6ClN3O4/c13-9-6-7(16(17)18)3-4-8(9)11-14-15-12(20-11)10-2-1-5-19-10/h1-6H. The molecule has 3 aromatic rings. The van der Waals surface area contributed by atoms with E-state index in [1.807, 2.05) is 0 Å². The number of nitro benzene ring substituents is 1. The molecule has 0 radical (unpaired) electrons. The molecule has 2 aromatic heterocycles. The van der Waals surface area contributed by atoms with Crippen LogP contribution in [0.3, 0.4) is 0 Å². The summed E-state index contributed by atoms with van der Waals surface area (Å²) >= 11 is 5.99. The summed E-state index contributed by atoms with van der Waals surface area (Å²) in [6.07, 6.45) is 1.48. The van der Waals surface area contributed by atoms with Gasteiger partial charge in [0, 0.05) is 12.1 Å². The maximum atomic E-state index is 10.6. The van der Waals surface area contributed by atoms with Crippen LogP contribution in [-0.2, 0) is 0 Å². The van der Waals surface area contributed by atoms with Gasteiger partial charge in [0.2, 0.25) is 5.89 Å². The van der Waals surface area contributed by atoms with Crippen LogP contribution in [-0.4, -0.2) is 15.1 Å². The van der Waals surface area contributed by atoms with Crippen LogP contribution < -0.4 is 0 Å². The highest BCUT2D eigenvalue weighted by molar-refractivity contribution is 6.33. The Morgan fingerprint density at radius 2 is 2.00 bits per heavy atom. The van der Waals surface area contributed by atoms with E-state index >= 15 is 0 Å². The fraction of sp³-hybridized carbons (Fsp3) is 0. The topological polar surface area (TPSA) is 95.2 Å². The van der Waals surface area contributed by atoms with Gasteiger partial charge >= 0.3 is 0 Å². The Labute approximate surface area is 116 Å². The maximum absolute atomic E-state index is 10.6. The summed E-state index contributed by atoms with van der Waals surface area (Å²) < 4.78 is 10.6. The first-order valence-corrected chi connectivity index (χ1v) is 5.84. The fourth-order valence-electron chi connectivity index (χ4n) is 1.62. The minimum absolute atomic E-state index is 0.107. The third kappa shape index (κ3) is 2.14. The van der Waals surface area contributed by atoms with Crippen molar-refractivity contribution in [3.05, 3.63) is 51.7 Å². The lowest BCUT2D eigenvalue weighted by Crippen LogP contribution is -1.88. The molecular weight excluding hydrogens is 286 g/mol. The number of hydrogen-bond acceptors (Lipinski definition) is 6. The van der Waals surface area contributed by atoms with E-state index in [1.165, 1.54) is 24.5 Å². The van der Waals surface area contributed by atoms with Crippen molar-refractivity contribution in [1.82, 2.24) is 10.2 Å². The number of furan rings is 1. The van der Waals surface area contributed by atoms with Crippen LogP contribution in [0.15, 0.2) is 45.4 Å². The first-order valence-electron chi connectivity index (χ1n) is 5.47. The fourth-order valence-corrected chi connectivity index (χ4v) is 1.88. The zero-order valence-corrected chi connectivity index (χ0v) is 10.6. The second kappa shape index (κ2) is 4.78. The molecule has 0 unspecified atom stereocenters. The van der Waals surface area contributed by atoms with Crippen LogP contribution in [0.5, 0.6) is 0 Å². The predicted molar refractivity (Wildman–Crippen MR) is 69.1 cm³/mol. The summed E-state index contributed by atoms with van der Waals surface area (Å²) in [7, 11) is 0. The number of nitro groups is 1. The second-order valence-corrected chi connectivity index (χ2v) is 4.22. The van der Waals surface area contributed by atoms with E-state index in [0.29, 0.717) is 11.3 Å². The molecule has 0 amide bonds. The van der Waals surface area contributed by atoms with Gasteiger partial charge in [-0.25, -0.2) is 0 Å². The van der Waals surface area contributed by atoms with Gasteiger partial charge in [-0.05, 0) is 18.2 Å². The van der Waals surface area contributed by atoms with Gasteiger partial charge < -0.3 is 8.83 Å². The average Bonchev–Trinajstić information content (AvgIpc) is 3.09. The van der Waals surface area contributed by atoms with Crippen molar-refractivity contribution < 1.29 is 13.8 Å². The average molecular weight is 292 g/mol. The lowest BCUT2D eigenvalue weighted by molar-refractivity contribution is -0.384. The van der Waals surface area contributed by atoms with Gasteiger partial charge in [0.1, 0.15) is 0 Å². The Balaban J connectivity index is 1.99. The Bertz CT molecular complexity index is 767. The van der Waals surface area contributed by atoms with Gasteiger partial charge in [0.25, 0.3) is 11.6 Å². The second-order valence-electron chi connectivity index (χ2n) is 3.81. The number of nitrogens with zero attached hydrogens (tertiary/aromatic N) is 3. The molecule has 1 aromatic carbocycles. The molecule has 0 N–H and O–H groups in total. The van der Waals surface area contributed by atoms with Crippen molar-refractivity contribution in [2.24, 2.45) is 0 Å². The third-order valence-corrected chi connectivity index (χ3v) is 2.86. The molecule has 0 spiro atoms. The van der Waals surface area contributed by atoms with Gasteiger partial charge in [-0.15, -0.1) is 10.2 Å². The smallest absolute Gasteiger partial charge is 0.283 e. The van der Waals surface area contributed by atoms with Gasteiger partial charge in [-0.2, -0.15) is 0 Å². The van der Waals surface area contributed by atoms with E-state index in [9.17, 15) is 10.1 Å². The summed E-state index contributed by atoms with van der Waals surface area (Å²) in [5, 5.41) is 18.5. The molecule has 2 heterocycles. The van der Waals surface area contributed by atoms with Gasteiger partial charge in [-0.3, -0.25) is 10.1 Å². The number of non-ortho nitro benzene ring substituents is 1. The molecule has 0 aliphatic heterocycles. The van der Waals surface area contributed by atoms with Crippen molar-refractivity contribution in [1.29, 1.82) is 0 Å². The monoisotopic (exact) mass is 291 g/mol. The molecule has 0 saturated heterocycles. The van der Waals surface area contributed by atoms with Crippen LogP contribution in [0.2, 0.25) is 5.02 Å². The Kier molecular flexibility index (Phi) is 2.96. The molecule has 0 aliphatic rings. The molecule has 8 heteroatoms. The largest absolute Gasteiger partial charge is 0.459 e. The first-order chi connectivity index (χ1) is 9.65. The van der Waals surface area contributed by atoms with Crippen molar-refractivity contribution in [2.75, 3.05) is 0 Å². The van der Waals surface area contributed by atoms with E-state index in [1.54, 1.807) is 12.1 Å². The summed E-state index contributed by atoms with van der Waals surface area (Å²) in [6, 6.07) is 7.37. The molecule has 0 aliphatic carbocycles. The van der Waals surface area contributed by atoms with Gasteiger partial charge in [0.15, 0.2) is 5.76 Å². The van der Waals surface area contributed by atoms with Crippen molar-refractivity contribution >= 4 is 17.3 Å². The number of benzene rings is 1. The van der Waals surface area contributed by atoms with E-state index in [2.05, 4.69) is 10.2 Å². The summed E-state index contributed by atoms with van der Waals surface area (Å²) in [5.74, 6) is 0.803. The molecule has 7 nitrogen and oxygen atoms in total. The Hall–Kier alpha value is -2.67. The molecule has 0 atom stereocenters. The summed E-state index contributed by atoms with van der Waals surface area (Å²) in [5.41, 5.74) is 0.312. The maximum Gasteiger partial charge on any atom is 0.283 e. The van der Waals surface area contributed by atoms with Crippen LogP contribution in [0.1, 0.15) is 0 Å². The van der Waals surface area contributed by atoms with Crippen LogP contribution in [0.25, 0.3) is 23.1 Å². The Morgan fingerprint density at radius 1 is 1.20 bits per heavy atom. The molecule has 0 fully saturated rings. The SMILES string of the molecule is O=[N+]([O-])c1ccc(-c2nnc(-c3ccco3)o2)c(Cl)c1. The molecule has 100 valence electrons. The molecule has 0 bridgehead atoms. The van der Waals surface area contributed by atoms with Crippen molar-refractivity contribution in [3.63, 3.8) is 0 Å². The lowest BCUT2D eigenvalue weighted by Gasteiger charge is -1.98. The van der Waals surface area contributed by atoms with E-state index in [0.717, 1.165) is 0 Å². The molecular formula is C12H6ClN3O4. The van der Waals surface area contributed by atoms with E-state index < -0.39 is 4.92 Å². The van der Waals surface area contributed by atoms with Crippen molar-refractivity contribution in [2.45, 2.75) is 0 Å². The highest BCUT2D eigenvalue weighted by atomic mass is 35.5. The Morgan fingerprint density at radius 3 is 2.65 bits per heavy atom. The minimum atomic E-state index is -0.530. The summed E-state index contributed by atoms with van der Waals surface area (Å²) in [6.45, 7) is 0.